The first-order valence-corrected chi connectivity index (χ1v) is 21.2. The van der Waals surface area contributed by atoms with E-state index >= 15 is 0 Å². The van der Waals surface area contributed by atoms with Gasteiger partial charge < -0.3 is 23.9 Å². The lowest BCUT2D eigenvalue weighted by atomic mass is 9.43. The topological polar surface area (TPSA) is 34.2 Å². The maximum Gasteiger partial charge on any atom is 0.333 e. The molecular formula is C51H39BN2O3S. The number of fused-ring (bicyclic) bond motifs is 13. The smallest absolute Gasteiger partial charge is 0.333 e. The van der Waals surface area contributed by atoms with Gasteiger partial charge in [0.05, 0.1) is 11.4 Å². The van der Waals surface area contributed by atoms with Crippen molar-refractivity contribution in [1.82, 2.24) is 0 Å². The fourth-order valence-electron chi connectivity index (χ4n) is 10.7. The highest BCUT2D eigenvalue weighted by Crippen LogP contribution is 2.59. The van der Waals surface area contributed by atoms with Crippen molar-refractivity contribution in [1.29, 1.82) is 0 Å². The molecule has 13 rings (SSSR count). The molecule has 7 aromatic carbocycles. The zero-order chi connectivity index (χ0) is 38.8. The Hall–Kier alpha value is -6.18. The Bertz CT molecular complexity index is 3160. The lowest BCUT2D eigenvalue weighted by Gasteiger charge is -2.48. The van der Waals surface area contributed by atoms with E-state index in [1.807, 2.05) is 35.6 Å². The molecule has 5 nitrogen and oxygen atoms in total. The third-order valence-corrected chi connectivity index (χ3v) is 14.8. The highest BCUT2D eigenvalue weighted by Gasteiger charge is 2.50. The number of anilines is 5. The van der Waals surface area contributed by atoms with Crippen molar-refractivity contribution in [3.8, 4) is 45.6 Å². The van der Waals surface area contributed by atoms with Gasteiger partial charge >= 0.3 is 6.85 Å². The van der Waals surface area contributed by atoms with Crippen molar-refractivity contribution in [2.75, 3.05) is 9.71 Å². The van der Waals surface area contributed by atoms with Crippen LogP contribution in [0.1, 0.15) is 57.2 Å². The van der Waals surface area contributed by atoms with Gasteiger partial charge in [0.15, 0.2) is 28.7 Å². The Morgan fingerprint density at radius 3 is 2.02 bits per heavy atom. The largest absolute Gasteiger partial charge is 0.453 e. The van der Waals surface area contributed by atoms with Crippen molar-refractivity contribution < 1.29 is 14.2 Å². The second-order valence-electron chi connectivity index (χ2n) is 17.9. The first kappa shape index (κ1) is 32.9. The number of hydrogen-bond acceptors (Lipinski definition) is 6. The average molecular weight is 771 g/mol. The van der Waals surface area contributed by atoms with Gasteiger partial charge in [0.1, 0.15) is 5.75 Å². The third-order valence-electron chi connectivity index (χ3n) is 13.6. The molecule has 7 heteroatoms. The molecule has 0 bridgehead atoms. The minimum absolute atomic E-state index is 0.0344. The molecule has 1 aliphatic carbocycles. The number of nitrogens with zero attached hydrogens (tertiary/aromatic N) is 2. The number of thiophene rings is 1. The summed E-state index contributed by atoms with van der Waals surface area (Å²) < 4.78 is 22.8. The molecule has 5 aliphatic rings. The quantitative estimate of drug-likeness (QED) is 0.155. The maximum absolute atomic E-state index is 6.78. The van der Waals surface area contributed by atoms with Crippen LogP contribution in [0.15, 0.2) is 121 Å². The van der Waals surface area contributed by atoms with Crippen LogP contribution in [0.5, 0.6) is 34.5 Å². The zero-order valence-corrected chi connectivity index (χ0v) is 33.9. The van der Waals surface area contributed by atoms with Crippen molar-refractivity contribution in [2.45, 2.75) is 58.3 Å². The van der Waals surface area contributed by atoms with Gasteiger partial charge in [-0.2, -0.15) is 0 Å². The SMILES string of the molecule is Cc1cc2c(cc1N1c3cc4c(cc3B3c5c1cc1sc6ccccc6c1c5-c1cccc5c1N3c1ccccc1O5)Oc1ccccc1O4)C(C)(C)CCC2(C)C. The molecular weight excluding hydrogens is 731 g/mol. The molecule has 0 saturated heterocycles. The molecule has 0 atom stereocenters. The van der Waals surface area contributed by atoms with Crippen molar-refractivity contribution >= 4 is 77.7 Å². The maximum atomic E-state index is 6.78. The van der Waals surface area contributed by atoms with E-state index in [1.54, 1.807) is 0 Å². The lowest BCUT2D eigenvalue weighted by molar-refractivity contribution is 0.332. The summed E-state index contributed by atoms with van der Waals surface area (Å²) in [6.07, 6.45) is 2.31. The molecule has 1 aromatic heterocycles. The third kappa shape index (κ3) is 4.22. The van der Waals surface area contributed by atoms with Gasteiger partial charge in [0.25, 0.3) is 0 Å². The van der Waals surface area contributed by atoms with Crippen LogP contribution in [0, 0.1) is 6.92 Å². The molecule has 4 aliphatic heterocycles. The van der Waals surface area contributed by atoms with E-state index in [1.165, 1.54) is 71.2 Å². The Balaban J connectivity index is 1.19. The number of ether oxygens (including phenoxy) is 3. The standard InChI is InChI=1S/C51H39BN2O3S/c1-28-23-31-32(51(4,5)22-21-50(31,2)3)24-35(28)53-36-26-43-42(56-39-17-9-10-18-40(39)57-43)25-33(36)52-48-37(53)27-45-46(29-13-6-11-20-44(29)58-45)47(48)30-14-12-19-41-49(30)54(52)34-15-7-8-16-38(34)55-41/h6-20,23-27H,21-22H2,1-5H3. The molecule has 0 amide bonds. The normalized spacial score (nSPS) is 16.8. The van der Waals surface area contributed by atoms with Crippen LogP contribution in [-0.4, -0.2) is 6.85 Å². The molecule has 0 radical (unpaired) electrons. The molecule has 280 valence electrons. The van der Waals surface area contributed by atoms with Gasteiger partial charge in [-0.3, -0.25) is 0 Å². The zero-order valence-electron chi connectivity index (χ0n) is 33.1. The number of hydrogen-bond donors (Lipinski definition) is 0. The highest BCUT2D eigenvalue weighted by atomic mass is 32.1. The molecule has 58 heavy (non-hydrogen) atoms. The van der Waals surface area contributed by atoms with Gasteiger partial charge in [0.2, 0.25) is 0 Å². The summed E-state index contributed by atoms with van der Waals surface area (Å²) in [6, 6.07) is 43.9. The fourth-order valence-corrected chi connectivity index (χ4v) is 11.8. The number of para-hydroxylation sites is 5. The summed E-state index contributed by atoms with van der Waals surface area (Å²) in [4.78, 5) is 5.11. The summed E-state index contributed by atoms with van der Waals surface area (Å²) in [5.41, 5.74) is 14.8. The van der Waals surface area contributed by atoms with Crippen molar-refractivity contribution in [2.24, 2.45) is 0 Å². The van der Waals surface area contributed by atoms with Crippen LogP contribution in [0.3, 0.4) is 0 Å². The van der Waals surface area contributed by atoms with Gasteiger partial charge in [-0.15, -0.1) is 11.3 Å². The van der Waals surface area contributed by atoms with Gasteiger partial charge in [-0.1, -0.05) is 88.4 Å². The predicted molar refractivity (Wildman–Crippen MR) is 240 cm³/mol. The Morgan fingerprint density at radius 1 is 0.569 bits per heavy atom. The van der Waals surface area contributed by atoms with E-state index in [9.17, 15) is 0 Å². The monoisotopic (exact) mass is 770 g/mol. The molecule has 8 aromatic rings. The molecule has 0 spiro atoms. The van der Waals surface area contributed by atoms with E-state index in [-0.39, 0.29) is 17.7 Å². The average Bonchev–Trinajstić information content (AvgIpc) is 3.60. The molecule has 0 fully saturated rings. The fraction of sp³-hybridized carbons (Fsp3) is 0.176. The molecule has 0 saturated carbocycles. The van der Waals surface area contributed by atoms with Gasteiger partial charge in [-0.05, 0) is 118 Å². The second kappa shape index (κ2) is 11.1. The summed E-state index contributed by atoms with van der Waals surface area (Å²) >= 11 is 1.88. The summed E-state index contributed by atoms with van der Waals surface area (Å²) in [5, 5.41) is 2.59. The Morgan fingerprint density at radius 2 is 1.22 bits per heavy atom. The van der Waals surface area contributed by atoms with Crippen molar-refractivity contribution in [3.05, 3.63) is 138 Å². The van der Waals surface area contributed by atoms with Crippen molar-refractivity contribution in [3.63, 3.8) is 0 Å². The van der Waals surface area contributed by atoms with E-state index in [4.69, 9.17) is 14.2 Å². The first-order valence-electron chi connectivity index (χ1n) is 20.4. The Kier molecular flexibility index (Phi) is 6.26. The van der Waals surface area contributed by atoms with Gasteiger partial charge in [0, 0.05) is 48.9 Å². The van der Waals surface area contributed by atoms with E-state index < -0.39 is 0 Å². The van der Waals surface area contributed by atoms with E-state index in [2.05, 4.69) is 141 Å². The van der Waals surface area contributed by atoms with Crippen LogP contribution in [0.2, 0.25) is 0 Å². The second-order valence-corrected chi connectivity index (χ2v) is 19.0. The van der Waals surface area contributed by atoms with Gasteiger partial charge in [-0.25, -0.2) is 0 Å². The Labute approximate surface area is 342 Å². The summed E-state index contributed by atoms with van der Waals surface area (Å²) in [5.74, 6) is 4.59. The highest BCUT2D eigenvalue weighted by molar-refractivity contribution is 7.26. The van der Waals surface area contributed by atoms with Crippen LogP contribution < -0.4 is 34.8 Å². The predicted octanol–water partition coefficient (Wildman–Crippen LogP) is 13.4. The first-order chi connectivity index (χ1) is 28.1. The lowest BCUT2D eigenvalue weighted by Crippen LogP contribution is -2.62. The minimum Gasteiger partial charge on any atom is -0.453 e. The summed E-state index contributed by atoms with van der Waals surface area (Å²) in [6.45, 7) is 11.8. The number of aryl methyl sites for hydroxylation is 1. The van der Waals surface area contributed by atoms with Crippen LogP contribution >= 0.6 is 11.3 Å². The number of rotatable bonds is 1. The van der Waals surface area contributed by atoms with E-state index in [0.717, 1.165) is 57.7 Å². The van der Waals surface area contributed by atoms with Crippen LogP contribution in [0.4, 0.5) is 28.4 Å². The minimum atomic E-state index is -0.197. The van der Waals surface area contributed by atoms with E-state index in [0.29, 0.717) is 5.75 Å². The van der Waals surface area contributed by atoms with Crippen LogP contribution in [0.25, 0.3) is 31.3 Å². The molecule has 0 N–H and O–H groups in total. The number of benzene rings is 7. The van der Waals surface area contributed by atoms with Crippen LogP contribution in [-0.2, 0) is 10.8 Å². The molecule has 5 heterocycles. The summed E-state index contributed by atoms with van der Waals surface area (Å²) in [7, 11) is 0. The molecule has 0 unspecified atom stereocenters.